The lowest BCUT2D eigenvalue weighted by atomic mass is 9.88. The quantitative estimate of drug-likeness (QED) is 0.499. The second-order valence-electron chi connectivity index (χ2n) is 9.32. The van der Waals surface area contributed by atoms with Crippen molar-refractivity contribution in [1.29, 1.82) is 0 Å². The van der Waals surface area contributed by atoms with E-state index in [9.17, 15) is 19.2 Å². The number of nitrogens with zero attached hydrogens (tertiary/aromatic N) is 1. The van der Waals surface area contributed by atoms with E-state index in [0.717, 1.165) is 19.3 Å². The lowest BCUT2D eigenvalue weighted by Gasteiger charge is -2.31. The summed E-state index contributed by atoms with van der Waals surface area (Å²) in [6, 6.07) is 0.504. The Labute approximate surface area is 212 Å². The number of hydrogen-bond acceptors (Lipinski definition) is 9. The van der Waals surface area contributed by atoms with Gasteiger partial charge in [-0.3, -0.25) is 14.4 Å². The minimum atomic E-state index is -0.954. The van der Waals surface area contributed by atoms with Crippen molar-refractivity contribution in [3.63, 3.8) is 0 Å². The van der Waals surface area contributed by atoms with Crippen molar-refractivity contribution in [2.45, 2.75) is 91.4 Å². The van der Waals surface area contributed by atoms with Gasteiger partial charge in [0, 0.05) is 25.1 Å². The number of esters is 3. The summed E-state index contributed by atoms with van der Waals surface area (Å²) < 4.78 is 21.9. The zero-order chi connectivity index (χ0) is 26.8. The number of methoxy groups -OCH3 is 1. The van der Waals surface area contributed by atoms with Crippen molar-refractivity contribution in [1.82, 2.24) is 10.3 Å². The third-order valence-electron chi connectivity index (χ3n) is 6.13. The van der Waals surface area contributed by atoms with Crippen LogP contribution in [-0.4, -0.2) is 54.2 Å². The number of carbonyl (C=O) groups excluding carboxylic acids is 4. The molecule has 1 fully saturated rings. The Balaban J connectivity index is 2.26. The predicted octanol–water partition coefficient (Wildman–Crippen LogP) is 3.60. The summed E-state index contributed by atoms with van der Waals surface area (Å²) in [6.45, 7) is 8.63. The predicted molar refractivity (Wildman–Crippen MR) is 130 cm³/mol. The summed E-state index contributed by atoms with van der Waals surface area (Å²) in [5.74, 6) is -2.61. The zero-order valence-electron chi connectivity index (χ0n) is 22.0. The van der Waals surface area contributed by atoms with Crippen LogP contribution in [0.5, 0.6) is 11.5 Å². The highest BCUT2D eigenvalue weighted by molar-refractivity contribution is 5.98. The van der Waals surface area contributed by atoms with Gasteiger partial charge < -0.3 is 24.3 Å². The van der Waals surface area contributed by atoms with E-state index in [4.69, 9.17) is 18.9 Å². The summed E-state index contributed by atoms with van der Waals surface area (Å²) >= 11 is 0. The van der Waals surface area contributed by atoms with Gasteiger partial charge in [-0.2, -0.15) is 0 Å². The fraction of sp³-hybridized carbons (Fsp3) is 0.654. The second-order valence-corrected chi connectivity index (χ2v) is 9.32. The third kappa shape index (κ3) is 7.93. The molecule has 1 aliphatic heterocycles. The number of pyridine rings is 1. The molecule has 1 amide bonds. The molecule has 1 aliphatic rings. The average Bonchev–Trinajstić information content (AvgIpc) is 2.86. The molecule has 10 heteroatoms. The molecular formula is C26H38N2O8. The molecule has 36 heavy (non-hydrogen) atoms. The number of unbranched alkanes of at least 4 members (excludes halogenated alkanes) is 1. The molecular weight excluding hydrogens is 468 g/mol. The van der Waals surface area contributed by atoms with E-state index in [0.29, 0.717) is 12.8 Å². The van der Waals surface area contributed by atoms with E-state index in [1.54, 1.807) is 20.8 Å². The van der Waals surface area contributed by atoms with Crippen molar-refractivity contribution in [3.8, 4) is 11.5 Å². The van der Waals surface area contributed by atoms with Crippen LogP contribution in [0.1, 0.15) is 83.6 Å². The smallest absolute Gasteiger partial charge is 0.328 e. The number of hydrogen-bond donors (Lipinski definition) is 1. The van der Waals surface area contributed by atoms with Gasteiger partial charge in [-0.1, -0.05) is 33.6 Å². The lowest BCUT2D eigenvalue weighted by molar-refractivity contribution is -0.164. The fourth-order valence-electron chi connectivity index (χ4n) is 4.16. The monoisotopic (exact) mass is 506 g/mol. The maximum absolute atomic E-state index is 13.1. The van der Waals surface area contributed by atoms with Gasteiger partial charge in [-0.05, 0) is 32.6 Å². The van der Waals surface area contributed by atoms with Crippen LogP contribution < -0.4 is 14.8 Å². The van der Waals surface area contributed by atoms with Crippen LogP contribution in [-0.2, 0) is 23.9 Å². The zero-order valence-corrected chi connectivity index (χ0v) is 22.0. The molecule has 2 rings (SSSR count). The molecule has 4 atom stereocenters. The summed E-state index contributed by atoms with van der Waals surface area (Å²) in [4.78, 5) is 54.1. The molecule has 0 saturated carbocycles. The molecule has 0 bridgehead atoms. The summed E-state index contributed by atoms with van der Waals surface area (Å²) in [6.07, 6.45) is 4.39. The van der Waals surface area contributed by atoms with Crippen LogP contribution in [0.15, 0.2) is 12.3 Å². The number of ether oxygens (including phenoxy) is 4. The molecule has 1 saturated heterocycles. The second kappa shape index (κ2) is 13.8. The molecule has 0 aromatic carbocycles. The van der Waals surface area contributed by atoms with Gasteiger partial charge in [0.05, 0.1) is 13.0 Å². The Morgan fingerprint density at radius 3 is 2.58 bits per heavy atom. The van der Waals surface area contributed by atoms with E-state index in [-0.39, 0.29) is 47.5 Å². The van der Waals surface area contributed by atoms with Crippen LogP contribution in [0.3, 0.4) is 0 Å². The maximum Gasteiger partial charge on any atom is 0.328 e. The molecule has 10 nitrogen and oxygen atoms in total. The molecule has 200 valence electrons. The Morgan fingerprint density at radius 2 is 1.97 bits per heavy atom. The lowest BCUT2D eigenvalue weighted by Crippen LogP contribution is -2.44. The summed E-state index contributed by atoms with van der Waals surface area (Å²) in [5.41, 5.74) is -0.185. The van der Waals surface area contributed by atoms with Gasteiger partial charge in [0.2, 0.25) is 5.75 Å². The number of rotatable bonds is 9. The molecule has 2 heterocycles. The van der Waals surface area contributed by atoms with Gasteiger partial charge in [0.25, 0.3) is 5.91 Å². The first-order chi connectivity index (χ1) is 17.1. The summed E-state index contributed by atoms with van der Waals surface area (Å²) in [7, 11) is 1.37. The first-order valence-corrected chi connectivity index (χ1v) is 12.5. The van der Waals surface area contributed by atoms with Crippen LogP contribution >= 0.6 is 0 Å². The highest BCUT2D eigenvalue weighted by atomic mass is 16.6. The minimum Gasteiger partial charge on any atom is -0.493 e. The topological polar surface area (TPSA) is 130 Å². The van der Waals surface area contributed by atoms with E-state index in [1.807, 2.05) is 0 Å². The number of aromatic nitrogens is 1. The molecule has 4 unspecified atom stereocenters. The van der Waals surface area contributed by atoms with Crippen LogP contribution in [0.4, 0.5) is 0 Å². The Morgan fingerprint density at radius 1 is 1.25 bits per heavy atom. The average molecular weight is 507 g/mol. The number of amides is 1. The molecule has 0 aliphatic carbocycles. The minimum absolute atomic E-state index is 0.130. The van der Waals surface area contributed by atoms with E-state index >= 15 is 0 Å². The van der Waals surface area contributed by atoms with E-state index in [2.05, 4.69) is 17.2 Å². The van der Waals surface area contributed by atoms with Gasteiger partial charge >= 0.3 is 17.9 Å². The highest BCUT2D eigenvalue weighted by Crippen LogP contribution is 2.31. The molecule has 0 spiro atoms. The molecule has 1 aromatic heterocycles. The van der Waals surface area contributed by atoms with Crippen LogP contribution in [0, 0.1) is 11.8 Å². The number of cyclic esters (lactones) is 1. The summed E-state index contributed by atoms with van der Waals surface area (Å²) in [5, 5.41) is 2.67. The number of nitrogens with one attached hydrogen (secondary N) is 1. The van der Waals surface area contributed by atoms with Gasteiger partial charge in [0.15, 0.2) is 11.4 Å². The van der Waals surface area contributed by atoms with Crippen molar-refractivity contribution in [2.75, 3.05) is 7.11 Å². The van der Waals surface area contributed by atoms with Crippen LogP contribution in [0.25, 0.3) is 0 Å². The Bertz CT molecular complexity index is 933. The third-order valence-corrected chi connectivity index (χ3v) is 6.13. The van der Waals surface area contributed by atoms with Gasteiger partial charge in [-0.25, -0.2) is 9.78 Å². The van der Waals surface area contributed by atoms with Gasteiger partial charge in [0.1, 0.15) is 18.2 Å². The number of carbonyl (C=O) groups is 4. The standard InChI is InChI=1S/C26H38N2O8/c1-7-8-10-18-16(4)34-26(32)19(11-9-12-20(18)36-25(31)15(2)3)28-24(30)22-23(35-17(5)29)21(33-6)13-14-27-22/h13-16,18-20H,7-12H2,1-6H3,(H,28,30). The first kappa shape index (κ1) is 29.1. The Hall–Kier alpha value is -3.17. The maximum atomic E-state index is 13.1. The molecule has 1 aromatic rings. The largest absolute Gasteiger partial charge is 0.493 e. The normalized spacial score (nSPS) is 22.5. The van der Waals surface area contributed by atoms with Crippen LogP contribution in [0.2, 0.25) is 0 Å². The fourth-order valence-corrected chi connectivity index (χ4v) is 4.16. The first-order valence-electron chi connectivity index (χ1n) is 12.5. The van der Waals surface area contributed by atoms with Crippen molar-refractivity contribution in [3.05, 3.63) is 18.0 Å². The van der Waals surface area contributed by atoms with Crippen molar-refractivity contribution < 1.29 is 38.1 Å². The van der Waals surface area contributed by atoms with Gasteiger partial charge in [-0.15, -0.1) is 0 Å². The van der Waals surface area contributed by atoms with Crippen molar-refractivity contribution >= 4 is 23.8 Å². The van der Waals surface area contributed by atoms with E-state index < -0.39 is 30.0 Å². The SMILES string of the molecule is CCCCC1C(C)OC(=O)C(NC(=O)c2nccc(OC)c2OC(C)=O)CCCC1OC(=O)C(C)C. The highest BCUT2D eigenvalue weighted by Gasteiger charge is 2.36. The molecule has 0 radical (unpaired) electrons. The van der Waals surface area contributed by atoms with Crippen molar-refractivity contribution in [2.24, 2.45) is 11.8 Å². The van der Waals surface area contributed by atoms with E-state index in [1.165, 1.54) is 26.3 Å². The molecule has 1 N–H and O–H groups in total. The Kier molecular flexibility index (Phi) is 11.1.